The standard InChI is InChI=1S/C18H27N3O2S/c1-13(18(23)19-12-15-6-5-11-24-15)20-9-3-7-16(20)17-8-4-10-21(17)14(2)22/h5-6,11,13,16-17H,3-4,7-10,12H2,1-2H3,(H,19,23)/t13-,16+,17-/m1/s1. The van der Waals surface area contributed by atoms with E-state index in [2.05, 4.69) is 10.2 Å². The fourth-order valence-corrected chi connectivity index (χ4v) is 4.82. The first-order valence-corrected chi connectivity index (χ1v) is 9.79. The molecule has 2 aliphatic rings. The van der Waals surface area contributed by atoms with E-state index in [9.17, 15) is 9.59 Å². The molecule has 0 spiro atoms. The van der Waals surface area contributed by atoms with Crippen LogP contribution in [0.2, 0.25) is 0 Å². The van der Waals surface area contributed by atoms with Crippen molar-refractivity contribution < 1.29 is 9.59 Å². The van der Waals surface area contributed by atoms with E-state index in [4.69, 9.17) is 0 Å². The van der Waals surface area contributed by atoms with Crippen molar-refractivity contribution in [3.05, 3.63) is 22.4 Å². The number of thiophene rings is 1. The van der Waals surface area contributed by atoms with Crippen molar-refractivity contribution in [2.75, 3.05) is 13.1 Å². The molecule has 2 fully saturated rings. The van der Waals surface area contributed by atoms with Crippen LogP contribution in [0.3, 0.4) is 0 Å². The molecule has 0 aromatic carbocycles. The van der Waals surface area contributed by atoms with Crippen molar-refractivity contribution in [3.63, 3.8) is 0 Å². The monoisotopic (exact) mass is 349 g/mol. The van der Waals surface area contributed by atoms with Crippen molar-refractivity contribution in [2.45, 2.75) is 64.2 Å². The predicted molar refractivity (Wildman–Crippen MR) is 95.8 cm³/mol. The Morgan fingerprint density at radius 1 is 1.29 bits per heavy atom. The van der Waals surface area contributed by atoms with Crippen LogP contribution in [0.1, 0.15) is 44.4 Å². The van der Waals surface area contributed by atoms with E-state index in [1.54, 1.807) is 18.3 Å². The van der Waals surface area contributed by atoms with E-state index < -0.39 is 0 Å². The van der Waals surface area contributed by atoms with Gasteiger partial charge in [-0.1, -0.05) is 6.07 Å². The lowest BCUT2D eigenvalue weighted by atomic mass is 10.0. The summed E-state index contributed by atoms with van der Waals surface area (Å²) in [5.74, 6) is 0.252. The molecule has 3 heterocycles. The van der Waals surface area contributed by atoms with E-state index >= 15 is 0 Å². The summed E-state index contributed by atoms with van der Waals surface area (Å²) in [6, 6.07) is 4.49. The number of amides is 2. The maximum atomic E-state index is 12.6. The summed E-state index contributed by atoms with van der Waals surface area (Å²) in [5.41, 5.74) is 0. The van der Waals surface area contributed by atoms with Gasteiger partial charge >= 0.3 is 0 Å². The molecule has 1 N–H and O–H groups in total. The van der Waals surface area contributed by atoms with Crippen LogP contribution in [0.4, 0.5) is 0 Å². The first kappa shape index (κ1) is 17.4. The molecule has 5 nitrogen and oxygen atoms in total. The van der Waals surface area contributed by atoms with Gasteiger partial charge in [-0.15, -0.1) is 11.3 Å². The van der Waals surface area contributed by atoms with E-state index in [0.29, 0.717) is 12.6 Å². The zero-order chi connectivity index (χ0) is 17.1. The zero-order valence-corrected chi connectivity index (χ0v) is 15.3. The van der Waals surface area contributed by atoms with Gasteiger partial charge in [0.25, 0.3) is 0 Å². The Bertz CT molecular complexity index is 575. The summed E-state index contributed by atoms with van der Waals surface area (Å²) in [4.78, 5) is 30.0. The molecule has 0 unspecified atom stereocenters. The van der Waals surface area contributed by atoms with Gasteiger partial charge in [-0.05, 0) is 50.6 Å². The van der Waals surface area contributed by atoms with Crippen LogP contribution < -0.4 is 5.32 Å². The molecule has 2 aliphatic heterocycles. The number of carbonyl (C=O) groups excluding carboxylic acids is 2. The van der Waals surface area contributed by atoms with Gasteiger partial charge in [-0.3, -0.25) is 14.5 Å². The Hall–Kier alpha value is -1.40. The maximum Gasteiger partial charge on any atom is 0.237 e. The van der Waals surface area contributed by atoms with Crippen LogP contribution in [0.15, 0.2) is 17.5 Å². The molecule has 0 aliphatic carbocycles. The van der Waals surface area contributed by atoms with E-state index in [-0.39, 0.29) is 23.9 Å². The van der Waals surface area contributed by atoms with Gasteiger partial charge in [-0.2, -0.15) is 0 Å². The van der Waals surface area contributed by atoms with Crippen molar-refractivity contribution in [3.8, 4) is 0 Å². The van der Waals surface area contributed by atoms with Gasteiger partial charge < -0.3 is 10.2 Å². The average molecular weight is 350 g/mol. The second kappa shape index (κ2) is 7.66. The molecule has 0 radical (unpaired) electrons. The molecular formula is C18H27N3O2S. The van der Waals surface area contributed by atoms with Crippen LogP contribution >= 0.6 is 11.3 Å². The van der Waals surface area contributed by atoms with Crippen LogP contribution in [-0.4, -0.2) is 52.8 Å². The second-order valence-electron chi connectivity index (χ2n) is 6.84. The number of nitrogens with one attached hydrogen (secondary N) is 1. The summed E-state index contributed by atoms with van der Waals surface area (Å²) in [5, 5.41) is 5.08. The molecule has 0 saturated carbocycles. The highest BCUT2D eigenvalue weighted by Gasteiger charge is 2.41. The summed E-state index contributed by atoms with van der Waals surface area (Å²) >= 11 is 1.66. The average Bonchev–Trinajstić information content (AvgIpc) is 3.31. The van der Waals surface area contributed by atoms with Gasteiger partial charge in [0, 0.05) is 30.4 Å². The highest BCUT2D eigenvalue weighted by Crippen LogP contribution is 2.31. The van der Waals surface area contributed by atoms with Crippen LogP contribution in [0.5, 0.6) is 0 Å². The van der Waals surface area contributed by atoms with Crippen LogP contribution in [-0.2, 0) is 16.1 Å². The molecule has 3 atom stereocenters. The van der Waals surface area contributed by atoms with E-state index in [1.165, 1.54) is 4.88 Å². The molecule has 0 bridgehead atoms. The van der Waals surface area contributed by atoms with E-state index in [1.807, 2.05) is 29.3 Å². The normalized spacial score (nSPS) is 25.8. The first-order valence-electron chi connectivity index (χ1n) is 8.91. The minimum Gasteiger partial charge on any atom is -0.350 e. The lowest BCUT2D eigenvalue weighted by Crippen LogP contribution is -2.53. The predicted octanol–water partition coefficient (Wildman–Crippen LogP) is 2.23. The number of nitrogens with zero attached hydrogens (tertiary/aromatic N) is 2. The summed E-state index contributed by atoms with van der Waals surface area (Å²) < 4.78 is 0. The topological polar surface area (TPSA) is 52.7 Å². The smallest absolute Gasteiger partial charge is 0.237 e. The highest BCUT2D eigenvalue weighted by atomic mass is 32.1. The number of likely N-dealkylation sites (tertiary alicyclic amines) is 2. The van der Waals surface area contributed by atoms with Crippen LogP contribution in [0.25, 0.3) is 0 Å². The molecule has 3 rings (SSSR count). The number of rotatable bonds is 5. The summed E-state index contributed by atoms with van der Waals surface area (Å²) in [7, 11) is 0. The fraction of sp³-hybridized carbons (Fsp3) is 0.667. The number of carbonyl (C=O) groups is 2. The van der Waals surface area contributed by atoms with Crippen molar-refractivity contribution in [2.24, 2.45) is 0 Å². The Labute approximate surface area is 148 Å². The minimum atomic E-state index is -0.146. The molecule has 2 amide bonds. The maximum absolute atomic E-state index is 12.6. The highest BCUT2D eigenvalue weighted by molar-refractivity contribution is 7.09. The van der Waals surface area contributed by atoms with Gasteiger partial charge in [0.05, 0.1) is 12.6 Å². The third-order valence-electron chi connectivity index (χ3n) is 5.38. The lowest BCUT2D eigenvalue weighted by Gasteiger charge is -2.37. The van der Waals surface area contributed by atoms with Gasteiger partial charge in [0.15, 0.2) is 0 Å². The lowest BCUT2D eigenvalue weighted by molar-refractivity contribution is -0.131. The summed E-state index contributed by atoms with van der Waals surface area (Å²) in [6.07, 6.45) is 4.32. The molecule has 2 saturated heterocycles. The van der Waals surface area contributed by atoms with Crippen LogP contribution in [0, 0.1) is 0 Å². The Morgan fingerprint density at radius 3 is 2.75 bits per heavy atom. The molecule has 1 aromatic rings. The van der Waals surface area contributed by atoms with E-state index in [0.717, 1.165) is 38.8 Å². The Morgan fingerprint density at radius 2 is 2.04 bits per heavy atom. The summed E-state index contributed by atoms with van der Waals surface area (Å²) in [6.45, 7) is 6.07. The van der Waals surface area contributed by atoms with Crippen molar-refractivity contribution in [1.82, 2.24) is 15.1 Å². The van der Waals surface area contributed by atoms with Crippen molar-refractivity contribution >= 4 is 23.2 Å². The van der Waals surface area contributed by atoms with Gasteiger partial charge in [-0.25, -0.2) is 0 Å². The van der Waals surface area contributed by atoms with Crippen molar-refractivity contribution in [1.29, 1.82) is 0 Å². The van der Waals surface area contributed by atoms with Gasteiger partial charge in [0.2, 0.25) is 11.8 Å². The Kier molecular flexibility index (Phi) is 5.56. The zero-order valence-electron chi connectivity index (χ0n) is 14.5. The third-order valence-corrected chi connectivity index (χ3v) is 6.26. The molecule has 132 valence electrons. The van der Waals surface area contributed by atoms with Gasteiger partial charge in [0.1, 0.15) is 0 Å². The Balaban J connectivity index is 1.61. The first-order chi connectivity index (χ1) is 11.6. The number of hydrogen-bond acceptors (Lipinski definition) is 4. The number of hydrogen-bond donors (Lipinski definition) is 1. The molecular weight excluding hydrogens is 322 g/mol. The third kappa shape index (κ3) is 3.64. The molecule has 1 aromatic heterocycles. The fourth-order valence-electron chi connectivity index (χ4n) is 4.18. The minimum absolute atomic E-state index is 0.0858. The largest absolute Gasteiger partial charge is 0.350 e. The molecule has 6 heteroatoms. The second-order valence-corrected chi connectivity index (χ2v) is 7.87. The quantitative estimate of drug-likeness (QED) is 0.887. The molecule has 24 heavy (non-hydrogen) atoms. The SMILES string of the molecule is CC(=O)N1CCC[C@@H]1[C@@H]1CCCN1[C@H](C)C(=O)NCc1cccs1.